The van der Waals surface area contributed by atoms with Gasteiger partial charge in [0.25, 0.3) is 0 Å². The molecule has 0 radical (unpaired) electrons. The average Bonchev–Trinajstić information content (AvgIpc) is 3.26. The lowest BCUT2D eigenvalue weighted by Crippen LogP contribution is -2.13. The van der Waals surface area contributed by atoms with Gasteiger partial charge in [0.15, 0.2) is 0 Å². The van der Waals surface area contributed by atoms with Gasteiger partial charge < -0.3 is 5.32 Å². The molecule has 0 saturated carbocycles. The van der Waals surface area contributed by atoms with Crippen LogP contribution in [0.25, 0.3) is 20.7 Å². The van der Waals surface area contributed by atoms with Crippen LogP contribution in [0.5, 0.6) is 0 Å². The van der Waals surface area contributed by atoms with Gasteiger partial charge in [0.2, 0.25) is 5.95 Å². The molecule has 126 valence electrons. The fourth-order valence-corrected chi connectivity index (χ4v) is 4.35. The van der Waals surface area contributed by atoms with Crippen LogP contribution in [-0.2, 0) is 6.54 Å². The second kappa shape index (κ2) is 7.07. The molecule has 9 heteroatoms. The van der Waals surface area contributed by atoms with Crippen LogP contribution in [-0.4, -0.2) is 31.5 Å². The number of hydrogen-bond acceptors (Lipinski definition) is 6. The van der Waals surface area contributed by atoms with Gasteiger partial charge >= 0.3 is 0 Å². The second-order valence-electron chi connectivity index (χ2n) is 5.25. The van der Waals surface area contributed by atoms with Gasteiger partial charge in [0.1, 0.15) is 5.69 Å². The van der Waals surface area contributed by atoms with Crippen molar-refractivity contribution in [1.82, 2.24) is 25.0 Å². The van der Waals surface area contributed by atoms with Crippen LogP contribution in [0.4, 0.5) is 5.95 Å². The van der Waals surface area contributed by atoms with Crippen molar-refractivity contribution in [1.29, 1.82) is 0 Å². The van der Waals surface area contributed by atoms with Crippen molar-refractivity contribution < 1.29 is 0 Å². The van der Waals surface area contributed by atoms with Gasteiger partial charge in [-0.2, -0.15) is 0 Å². The van der Waals surface area contributed by atoms with Crippen molar-refractivity contribution in [3.05, 3.63) is 52.4 Å². The molecule has 0 atom stereocenters. The van der Waals surface area contributed by atoms with Crippen molar-refractivity contribution in [2.75, 3.05) is 11.9 Å². The molecule has 0 fully saturated rings. The van der Waals surface area contributed by atoms with Crippen molar-refractivity contribution in [3.8, 4) is 10.6 Å². The maximum absolute atomic E-state index is 6.33. The van der Waals surface area contributed by atoms with Crippen LogP contribution in [0.1, 0.15) is 0 Å². The lowest BCUT2D eigenvalue weighted by Gasteiger charge is -2.07. The SMILES string of the molecule is Clc1cnc(NCCn2ccnn2)nc1-c1cc2cccc(Br)c2s1. The lowest BCUT2D eigenvalue weighted by atomic mass is 10.2. The van der Waals surface area contributed by atoms with Gasteiger partial charge in [-0.05, 0) is 33.4 Å². The Morgan fingerprint density at radius 3 is 3.04 bits per heavy atom. The molecule has 0 bridgehead atoms. The molecule has 0 spiro atoms. The van der Waals surface area contributed by atoms with E-state index in [4.69, 9.17) is 11.6 Å². The molecule has 25 heavy (non-hydrogen) atoms. The maximum atomic E-state index is 6.33. The topological polar surface area (TPSA) is 68.5 Å². The van der Waals surface area contributed by atoms with E-state index in [1.807, 2.05) is 18.3 Å². The highest BCUT2D eigenvalue weighted by atomic mass is 79.9. The number of fused-ring (bicyclic) bond motifs is 1. The number of anilines is 1. The summed E-state index contributed by atoms with van der Waals surface area (Å²) in [6.45, 7) is 1.32. The minimum Gasteiger partial charge on any atom is -0.352 e. The van der Waals surface area contributed by atoms with Gasteiger partial charge in [0, 0.05) is 21.9 Å². The van der Waals surface area contributed by atoms with Gasteiger partial charge in [0.05, 0.1) is 28.8 Å². The summed E-state index contributed by atoms with van der Waals surface area (Å²) in [5.41, 5.74) is 0.730. The molecule has 3 aromatic heterocycles. The number of rotatable bonds is 5. The van der Waals surface area contributed by atoms with E-state index in [9.17, 15) is 0 Å². The molecule has 0 unspecified atom stereocenters. The van der Waals surface area contributed by atoms with Crippen molar-refractivity contribution in [2.24, 2.45) is 0 Å². The van der Waals surface area contributed by atoms with E-state index in [1.54, 1.807) is 28.4 Å². The quantitative estimate of drug-likeness (QED) is 0.500. The van der Waals surface area contributed by atoms with Crippen LogP contribution in [0, 0.1) is 0 Å². The molecule has 4 rings (SSSR count). The van der Waals surface area contributed by atoms with Gasteiger partial charge in [-0.3, -0.25) is 4.68 Å². The highest BCUT2D eigenvalue weighted by Crippen LogP contribution is 2.39. The molecule has 0 amide bonds. The number of nitrogens with one attached hydrogen (secondary N) is 1. The summed E-state index contributed by atoms with van der Waals surface area (Å²) in [7, 11) is 0. The Labute approximate surface area is 161 Å². The fraction of sp³-hybridized carbons (Fsp3) is 0.125. The number of hydrogen-bond donors (Lipinski definition) is 1. The Hall–Kier alpha value is -2.03. The van der Waals surface area contributed by atoms with E-state index in [1.165, 1.54) is 4.70 Å². The molecule has 0 aliphatic rings. The first-order valence-corrected chi connectivity index (χ1v) is 9.48. The van der Waals surface area contributed by atoms with Crippen molar-refractivity contribution in [2.45, 2.75) is 6.54 Å². The third kappa shape index (κ3) is 3.51. The predicted octanol–water partition coefficient (Wildman–Crippen LogP) is 4.48. The van der Waals surface area contributed by atoms with E-state index in [0.717, 1.165) is 20.4 Å². The van der Waals surface area contributed by atoms with Crippen LogP contribution < -0.4 is 5.32 Å². The summed E-state index contributed by atoms with van der Waals surface area (Å²) in [4.78, 5) is 9.84. The van der Waals surface area contributed by atoms with E-state index in [0.29, 0.717) is 24.1 Å². The first kappa shape index (κ1) is 16.4. The molecular formula is C16H12BrClN6S. The first-order chi connectivity index (χ1) is 12.2. The minimum absolute atomic E-state index is 0.532. The van der Waals surface area contributed by atoms with Gasteiger partial charge in [-0.15, -0.1) is 16.4 Å². The third-order valence-electron chi connectivity index (χ3n) is 3.57. The van der Waals surface area contributed by atoms with E-state index in [-0.39, 0.29) is 0 Å². The molecule has 0 aliphatic carbocycles. The number of aromatic nitrogens is 5. The number of benzene rings is 1. The van der Waals surface area contributed by atoms with Crippen LogP contribution in [0.2, 0.25) is 5.02 Å². The van der Waals surface area contributed by atoms with E-state index >= 15 is 0 Å². The zero-order valence-electron chi connectivity index (χ0n) is 12.9. The largest absolute Gasteiger partial charge is 0.352 e. The van der Waals surface area contributed by atoms with Crippen molar-refractivity contribution in [3.63, 3.8) is 0 Å². The van der Waals surface area contributed by atoms with Crippen LogP contribution in [0.15, 0.2) is 47.3 Å². The standard InChI is InChI=1S/C16H12BrClN6S/c17-11-3-1-2-10-8-13(25-15(10)11)14-12(18)9-20-16(22-14)19-4-6-24-7-5-21-23-24/h1-3,5,7-9H,4,6H2,(H,19,20,22). The second-order valence-corrected chi connectivity index (χ2v) is 7.57. The summed E-state index contributed by atoms with van der Waals surface area (Å²) >= 11 is 11.6. The minimum atomic E-state index is 0.532. The molecule has 0 aliphatic heterocycles. The van der Waals surface area contributed by atoms with Gasteiger partial charge in [-0.1, -0.05) is 28.9 Å². The van der Waals surface area contributed by atoms with Crippen LogP contribution in [0.3, 0.4) is 0 Å². The normalized spacial score (nSPS) is 11.1. The molecule has 6 nitrogen and oxygen atoms in total. The Bertz CT molecular complexity index is 1020. The smallest absolute Gasteiger partial charge is 0.223 e. The molecule has 1 aromatic carbocycles. The Morgan fingerprint density at radius 1 is 1.32 bits per heavy atom. The lowest BCUT2D eigenvalue weighted by molar-refractivity contribution is 0.607. The molecule has 1 N–H and O–H groups in total. The maximum Gasteiger partial charge on any atom is 0.223 e. The monoisotopic (exact) mass is 434 g/mol. The summed E-state index contributed by atoms with van der Waals surface area (Å²) in [5, 5.41) is 12.6. The van der Waals surface area contributed by atoms with Crippen molar-refractivity contribution >= 4 is 54.9 Å². The molecule has 0 saturated heterocycles. The average molecular weight is 436 g/mol. The van der Waals surface area contributed by atoms with Crippen LogP contribution >= 0.6 is 38.9 Å². The Kier molecular flexibility index (Phi) is 4.65. The number of nitrogens with zero attached hydrogens (tertiary/aromatic N) is 5. The first-order valence-electron chi connectivity index (χ1n) is 7.49. The molecule has 3 heterocycles. The predicted molar refractivity (Wildman–Crippen MR) is 104 cm³/mol. The Morgan fingerprint density at radius 2 is 2.24 bits per heavy atom. The van der Waals surface area contributed by atoms with E-state index in [2.05, 4.69) is 53.7 Å². The summed E-state index contributed by atoms with van der Waals surface area (Å²) < 4.78 is 3.98. The van der Waals surface area contributed by atoms with Gasteiger partial charge in [-0.25, -0.2) is 9.97 Å². The summed E-state index contributed by atoms with van der Waals surface area (Å²) in [6, 6.07) is 8.22. The highest BCUT2D eigenvalue weighted by Gasteiger charge is 2.12. The summed E-state index contributed by atoms with van der Waals surface area (Å²) in [6.07, 6.45) is 5.09. The molecular weight excluding hydrogens is 424 g/mol. The number of thiophene rings is 1. The number of halogens is 2. The zero-order chi connectivity index (χ0) is 17.2. The third-order valence-corrected chi connectivity index (χ3v) is 5.96. The highest BCUT2D eigenvalue weighted by molar-refractivity contribution is 9.10. The summed E-state index contributed by atoms with van der Waals surface area (Å²) in [5.74, 6) is 0.538. The molecule has 4 aromatic rings. The zero-order valence-corrected chi connectivity index (χ0v) is 16.0. The van der Waals surface area contributed by atoms with E-state index < -0.39 is 0 Å². The Balaban J connectivity index is 1.59. The fourth-order valence-electron chi connectivity index (χ4n) is 2.40.